The number of sulfone groups is 1. The average molecular weight is 458 g/mol. The van der Waals surface area contributed by atoms with Gasteiger partial charge in [0.15, 0.2) is 5.03 Å². The van der Waals surface area contributed by atoms with Crippen LogP contribution >= 0.6 is 11.6 Å². The maximum atomic E-state index is 14.0. The Bertz CT molecular complexity index is 1410. The molecule has 0 spiro atoms. The summed E-state index contributed by atoms with van der Waals surface area (Å²) in [6.45, 7) is 0. The summed E-state index contributed by atoms with van der Waals surface area (Å²) < 4.78 is 51.1. The summed E-state index contributed by atoms with van der Waals surface area (Å²) in [5.74, 6) is 0.501. The molecule has 0 amide bonds. The average Bonchev–Trinajstić information content (AvgIpc) is 2.78. The molecule has 0 N–H and O–H groups in total. The maximum absolute atomic E-state index is 14.0. The first-order chi connectivity index (χ1) is 14.8. The van der Waals surface area contributed by atoms with Crippen LogP contribution in [-0.4, -0.2) is 27.6 Å². The highest BCUT2D eigenvalue weighted by atomic mass is 35.5. The minimum atomic E-state index is -4.01. The first kappa shape index (κ1) is 21.1. The predicted molar refractivity (Wildman–Crippen MR) is 117 cm³/mol. The van der Waals surface area contributed by atoms with E-state index in [0.29, 0.717) is 33.5 Å². The fourth-order valence-electron chi connectivity index (χ4n) is 3.28. The van der Waals surface area contributed by atoms with Crippen LogP contribution in [0.2, 0.25) is 5.02 Å². The van der Waals surface area contributed by atoms with Crippen LogP contribution < -0.4 is 9.47 Å². The molecule has 0 saturated carbocycles. The topological polar surface area (TPSA) is 65.5 Å². The standard InChI is InChI=1S/C23H17ClFNO4S/c1-29-16-5-3-4-14(10-16)18-13-23(26-21-8-6-15(25)11-19(18)21)31(27,28)17-7-9-22(30-2)20(24)12-17/h3-13H,1-2H3. The number of methoxy groups -OCH3 is 2. The van der Waals surface area contributed by atoms with Gasteiger partial charge in [-0.3, -0.25) is 0 Å². The molecule has 0 bridgehead atoms. The summed E-state index contributed by atoms with van der Waals surface area (Å²) in [5, 5.41) is 0.477. The first-order valence-electron chi connectivity index (χ1n) is 9.17. The van der Waals surface area contributed by atoms with Crippen LogP contribution in [0.4, 0.5) is 4.39 Å². The van der Waals surface area contributed by atoms with Crippen LogP contribution in [0, 0.1) is 5.82 Å². The number of pyridine rings is 1. The van der Waals surface area contributed by atoms with E-state index in [1.807, 2.05) is 0 Å². The normalized spacial score (nSPS) is 11.5. The molecule has 1 aromatic heterocycles. The molecule has 4 rings (SSSR count). The minimum absolute atomic E-state index is 0.0242. The lowest BCUT2D eigenvalue weighted by molar-refractivity contribution is 0.414. The molecule has 1 heterocycles. The Kier molecular flexibility index (Phi) is 5.56. The molecule has 3 aromatic carbocycles. The van der Waals surface area contributed by atoms with Gasteiger partial charge in [0.05, 0.1) is 29.7 Å². The van der Waals surface area contributed by atoms with E-state index >= 15 is 0 Å². The highest BCUT2D eigenvalue weighted by molar-refractivity contribution is 7.91. The second-order valence-electron chi connectivity index (χ2n) is 6.70. The molecule has 0 unspecified atom stereocenters. The first-order valence-corrected chi connectivity index (χ1v) is 11.0. The van der Waals surface area contributed by atoms with Gasteiger partial charge in [0, 0.05) is 5.39 Å². The Labute approximate surface area is 183 Å². The summed E-state index contributed by atoms with van der Waals surface area (Å²) >= 11 is 6.13. The predicted octanol–water partition coefficient (Wildman–Crippen LogP) is 5.54. The largest absolute Gasteiger partial charge is 0.497 e. The number of fused-ring (bicyclic) bond motifs is 1. The third-order valence-corrected chi connectivity index (χ3v) is 6.77. The minimum Gasteiger partial charge on any atom is -0.497 e. The van der Waals surface area contributed by atoms with Crippen molar-refractivity contribution >= 4 is 32.3 Å². The molecule has 5 nitrogen and oxygen atoms in total. The van der Waals surface area contributed by atoms with Crippen LogP contribution in [-0.2, 0) is 9.84 Å². The molecule has 0 saturated heterocycles. The highest BCUT2D eigenvalue weighted by Crippen LogP contribution is 2.35. The van der Waals surface area contributed by atoms with E-state index in [1.54, 1.807) is 24.3 Å². The lowest BCUT2D eigenvalue weighted by atomic mass is 10.0. The van der Waals surface area contributed by atoms with Gasteiger partial charge in [-0.25, -0.2) is 17.8 Å². The second-order valence-corrected chi connectivity index (χ2v) is 9.01. The van der Waals surface area contributed by atoms with E-state index in [2.05, 4.69) is 4.98 Å². The van der Waals surface area contributed by atoms with E-state index in [4.69, 9.17) is 21.1 Å². The van der Waals surface area contributed by atoms with Gasteiger partial charge in [0.2, 0.25) is 9.84 Å². The number of hydrogen-bond donors (Lipinski definition) is 0. The smallest absolute Gasteiger partial charge is 0.223 e. The van der Waals surface area contributed by atoms with Crippen LogP contribution in [0.1, 0.15) is 0 Å². The van der Waals surface area contributed by atoms with Crippen molar-refractivity contribution in [3.05, 3.63) is 77.6 Å². The number of hydrogen-bond acceptors (Lipinski definition) is 5. The van der Waals surface area contributed by atoms with Crippen LogP contribution in [0.25, 0.3) is 22.0 Å². The quantitative estimate of drug-likeness (QED) is 0.393. The summed E-state index contributed by atoms with van der Waals surface area (Å²) in [7, 11) is -1.03. The molecule has 0 atom stereocenters. The number of nitrogens with zero attached hydrogens (tertiary/aromatic N) is 1. The zero-order chi connectivity index (χ0) is 22.2. The lowest BCUT2D eigenvalue weighted by Crippen LogP contribution is -2.06. The van der Waals surface area contributed by atoms with Crippen molar-refractivity contribution in [1.82, 2.24) is 4.98 Å². The maximum Gasteiger partial charge on any atom is 0.223 e. The highest BCUT2D eigenvalue weighted by Gasteiger charge is 2.23. The lowest BCUT2D eigenvalue weighted by Gasteiger charge is -2.12. The van der Waals surface area contributed by atoms with Crippen molar-refractivity contribution in [2.75, 3.05) is 14.2 Å². The number of ether oxygens (including phenoxy) is 2. The van der Waals surface area contributed by atoms with E-state index in [1.165, 1.54) is 56.7 Å². The van der Waals surface area contributed by atoms with Gasteiger partial charge in [0.1, 0.15) is 17.3 Å². The Morgan fingerprint density at radius 2 is 1.74 bits per heavy atom. The van der Waals surface area contributed by atoms with Gasteiger partial charge in [-0.2, -0.15) is 0 Å². The molecule has 0 aliphatic rings. The monoisotopic (exact) mass is 457 g/mol. The summed E-state index contributed by atoms with van der Waals surface area (Å²) in [5.41, 5.74) is 1.53. The van der Waals surface area contributed by atoms with Gasteiger partial charge in [-0.1, -0.05) is 23.7 Å². The molecular formula is C23H17ClFNO4S. The van der Waals surface area contributed by atoms with Crippen LogP contribution in [0.3, 0.4) is 0 Å². The van der Waals surface area contributed by atoms with Gasteiger partial charge < -0.3 is 9.47 Å². The summed E-state index contributed by atoms with van der Waals surface area (Å²) in [4.78, 5) is 4.28. The Morgan fingerprint density at radius 1 is 0.935 bits per heavy atom. The molecular weight excluding hydrogens is 441 g/mol. The molecule has 4 aromatic rings. The number of rotatable bonds is 5. The van der Waals surface area contributed by atoms with E-state index < -0.39 is 15.7 Å². The molecule has 8 heteroatoms. The zero-order valence-electron chi connectivity index (χ0n) is 16.6. The SMILES string of the molecule is COc1cccc(-c2cc(S(=O)(=O)c3ccc(OC)c(Cl)c3)nc3ccc(F)cc23)c1. The van der Waals surface area contributed by atoms with Crippen molar-refractivity contribution in [2.24, 2.45) is 0 Å². The molecule has 31 heavy (non-hydrogen) atoms. The molecule has 0 fully saturated rings. The van der Waals surface area contributed by atoms with E-state index in [-0.39, 0.29) is 14.9 Å². The fraction of sp³-hybridized carbons (Fsp3) is 0.0870. The van der Waals surface area contributed by atoms with Gasteiger partial charge in [-0.05, 0) is 65.7 Å². The van der Waals surface area contributed by atoms with Crippen molar-refractivity contribution < 1.29 is 22.3 Å². The second kappa shape index (κ2) is 8.17. The van der Waals surface area contributed by atoms with Gasteiger partial charge in [-0.15, -0.1) is 0 Å². The summed E-state index contributed by atoms with van der Waals surface area (Å²) in [6.07, 6.45) is 0. The van der Waals surface area contributed by atoms with Gasteiger partial charge >= 0.3 is 0 Å². The Balaban J connectivity index is 1.97. The van der Waals surface area contributed by atoms with Crippen LogP contribution in [0.5, 0.6) is 11.5 Å². The molecule has 158 valence electrons. The molecule has 0 aliphatic carbocycles. The third kappa shape index (κ3) is 3.94. The Morgan fingerprint density at radius 3 is 2.45 bits per heavy atom. The van der Waals surface area contributed by atoms with Crippen LogP contribution in [0.15, 0.2) is 76.7 Å². The van der Waals surface area contributed by atoms with Gasteiger partial charge in [0.25, 0.3) is 0 Å². The van der Waals surface area contributed by atoms with Crippen molar-refractivity contribution in [3.8, 4) is 22.6 Å². The van der Waals surface area contributed by atoms with E-state index in [0.717, 1.165) is 0 Å². The number of aromatic nitrogens is 1. The number of benzene rings is 3. The van der Waals surface area contributed by atoms with Crippen molar-refractivity contribution in [2.45, 2.75) is 9.92 Å². The van der Waals surface area contributed by atoms with Crippen molar-refractivity contribution in [3.63, 3.8) is 0 Å². The van der Waals surface area contributed by atoms with Crippen molar-refractivity contribution in [1.29, 1.82) is 0 Å². The molecule has 0 radical (unpaired) electrons. The molecule has 0 aliphatic heterocycles. The number of halogens is 2. The van der Waals surface area contributed by atoms with E-state index in [9.17, 15) is 12.8 Å². The zero-order valence-corrected chi connectivity index (χ0v) is 18.2. The summed E-state index contributed by atoms with van der Waals surface area (Å²) in [6, 6.07) is 16.8. The Hall–Kier alpha value is -3.16. The fourth-order valence-corrected chi connectivity index (χ4v) is 4.85. The third-order valence-electron chi connectivity index (χ3n) is 4.84.